The highest BCUT2D eigenvalue weighted by molar-refractivity contribution is 5.94. The monoisotopic (exact) mass is 338 g/mol. The second kappa shape index (κ2) is 9.02. The summed E-state index contributed by atoms with van der Waals surface area (Å²) in [5.41, 5.74) is 2.75. The Morgan fingerprint density at radius 1 is 0.880 bits per heavy atom. The molecular weight excluding hydrogens is 312 g/mol. The van der Waals surface area contributed by atoms with Gasteiger partial charge in [-0.25, -0.2) is 0 Å². The van der Waals surface area contributed by atoms with Crippen LogP contribution in [0.15, 0.2) is 54.6 Å². The summed E-state index contributed by atoms with van der Waals surface area (Å²) in [4.78, 5) is 24.1. The van der Waals surface area contributed by atoms with E-state index in [1.807, 2.05) is 63.2 Å². The van der Waals surface area contributed by atoms with E-state index in [1.165, 1.54) is 0 Å². The lowest BCUT2D eigenvalue weighted by Crippen LogP contribution is -2.34. The Balaban J connectivity index is 1.92. The van der Waals surface area contributed by atoms with Crippen molar-refractivity contribution in [2.24, 2.45) is 0 Å². The van der Waals surface area contributed by atoms with E-state index in [0.29, 0.717) is 12.0 Å². The SMILES string of the molecule is CC(C)NC(=O)Cc1cccc(CC(C)NC(=O)c2ccccc2)c1. The molecule has 0 aliphatic carbocycles. The lowest BCUT2D eigenvalue weighted by molar-refractivity contribution is -0.120. The highest BCUT2D eigenvalue weighted by atomic mass is 16.2. The van der Waals surface area contributed by atoms with Gasteiger partial charge < -0.3 is 10.6 Å². The Labute approximate surface area is 149 Å². The molecule has 4 nitrogen and oxygen atoms in total. The molecule has 0 saturated heterocycles. The van der Waals surface area contributed by atoms with E-state index in [1.54, 1.807) is 12.1 Å². The van der Waals surface area contributed by atoms with Crippen molar-refractivity contribution in [3.8, 4) is 0 Å². The predicted octanol–water partition coefficient (Wildman–Crippen LogP) is 3.11. The van der Waals surface area contributed by atoms with E-state index in [4.69, 9.17) is 0 Å². The van der Waals surface area contributed by atoms with Gasteiger partial charge in [-0.15, -0.1) is 0 Å². The van der Waals surface area contributed by atoms with Crippen molar-refractivity contribution in [3.05, 3.63) is 71.3 Å². The molecule has 0 aliphatic heterocycles. The van der Waals surface area contributed by atoms with Crippen molar-refractivity contribution in [3.63, 3.8) is 0 Å². The number of hydrogen-bond acceptors (Lipinski definition) is 2. The van der Waals surface area contributed by atoms with Gasteiger partial charge in [0.2, 0.25) is 5.91 Å². The van der Waals surface area contributed by atoms with E-state index in [-0.39, 0.29) is 23.9 Å². The number of rotatable bonds is 7. The van der Waals surface area contributed by atoms with Crippen molar-refractivity contribution in [1.82, 2.24) is 10.6 Å². The zero-order chi connectivity index (χ0) is 18.2. The van der Waals surface area contributed by atoms with E-state index < -0.39 is 0 Å². The molecule has 0 aromatic heterocycles. The Morgan fingerprint density at radius 3 is 2.24 bits per heavy atom. The summed E-state index contributed by atoms with van der Waals surface area (Å²) >= 11 is 0. The molecule has 0 saturated carbocycles. The van der Waals surface area contributed by atoms with Gasteiger partial charge >= 0.3 is 0 Å². The molecule has 0 aliphatic rings. The van der Waals surface area contributed by atoms with Gasteiger partial charge in [0.05, 0.1) is 6.42 Å². The summed E-state index contributed by atoms with van der Waals surface area (Å²) in [5, 5.41) is 5.91. The van der Waals surface area contributed by atoms with Gasteiger partial charge in [0, 0.05) is 17.6 Å². The second-order valence-corrected chi connectivity index (χ2v) is 6.66. The van der Waals surface area contributed by atoms with Crippen molar-refractivity contribution < 1.29 is 9.59 Å². The molecule has 2 rings (SSSR count). The Hall–Kier alpha value is -2.62. The summed E-state index contributed by atoms with van der Waals surface area (Å²) in [6.07, 6.45) is 1.09. The number of hydrogen-bond donors (Lipinski definition) is 2. The van der Waals surface area contributed by atoms with Crippen LogP contribution in [-0.4, -0.2) is 23.9 Å². The minimum atomic E-state index is -0.0689. The van der Waals surface area contributed by atoms with Crippen LogP contribution in [0, 0.1) is 0 Å². The van der Waals surface area contributed by atoms with Crippen LogP contribution in [0.3, 0.4) is 0 Å². The minimum Gasteiger partial charge on any atom is -0.354 e. The van der Waals surface area contributed by atoms with E-state index in [2.05, 4.69) is 10.6 Å². The zero-order valence-electron chi connectivity index (χ0n) is 15.1. The average Bonchev–Trinajstić information content (AvgIpc) is 2.55. The zero-order valence-corrected chi connectivity index (χ0v) is 15.1. The molecule has 1 unspecified atom stereocenters. The molecule has 0 heterocycles. The number of carbonyl (C=O) groups excluding carboxylic acids is 2. The summed E-state index contributed by atoms with van der Waals surface area (Å²) in [5.74, 6) is -0.0434. The number of benzene rings is 2. The van der Waals surface area contributed by atoms with E-state index in [9.17, 15) is 9.59 Å². The van der Waals surface area contributed by atoms with E-state index >= 15 is 0 Å². The van der Waals surface area contributed by atoms with Crippen LogP contribution in [0.25, 0.3) is 0 Å². The normalized spacial score (nSPS) is 11.8. The smallest absolute Gasteiger partial charge is 0.251 e. The maximum atomic E-state index is 12.2. The molecule has 0 bridgehead atoms. The van der Waals surface area contributed by atoms with Crippen LogP contribution in [0.4, 0.5) is 0 Å². The predicted molar refractivity (Wildman–Crippen MR) is 100 cm³/mol. The van der Waals surface area contributed by atoms with Crippen molar-refractivity contribution in [2.75, 3.05) is 0 Å². The first-order valence-electron chi connectivity index (χ1n) is 8.67. The standard InChI is InChI=1S/C21H26N2O2/c1-15(2)22-20(24)14-18-9-7-8-17(13-18)12-16(3)23-21(25)19-10-5-4-6-11-19/h4-11,13,15-16H,12,14H2,1-3H3,(H,22,24)(H,23,25). The van der Waals surface area contributed by atoms with Crippen molar-refractivity contribution in [2.45, 2.75) is 45.7 Å². The van der Waals surface area contributed by atoms with Crippen LogP contribution in [0.2, 0.25) is 0 Å². The molecule has 2 N–H and O–H groups in total. The quantitative estimate of drug-likeness (QED) is 0.815. The number of carbonyl (C=O) groups is 2. The summed E-state index contributed by atoms with van der Waals surface area (Å²) in [7, 11) is 0. The number of nitrogens with one attached hydrogen (secondary N) is 2. The molecule has 2 aromatic rings. The van der Waals surface area contributed by atoms with Gasteiger partial charge in [0.25, 0.3) is 5.91 Å². The minimum absolute atomic E-state index is 0.00690. The van der Waals surface area contributed by atoms with Crippen LogP contribution in [-0.2, 0) is 17.6 Å². The van der Waals surface area contributed by atoms with Crippen LogP contribution >= 0.6 is 0 Å². The first-order chi connectivity index (χ1) is 11.9. The molecule has 0 spiro atoms. The number of amides is 2. The third-order valence-corrected chi connectivity index (χ3v) is 3.76. The van der Waals surface area contributed by atoms with Gasteiger partial charge in [-0.05, 0) is 50.5 Å². The van der Waals surface area contributed by atoms with Crippen molar-refractivity contribution >= 4 is 11.8 Å². The van der Waals surface area contributed by atoms with Gasteiger partial charge in [-0.1, -0.05) is 42.5 Å². The highest BCUT2D eigenvalue weighted by Gasteiger charge is 2.11. The largest absolute Gasteiger partial charge is 0.354 e. The molecule has 25 heavy (non-hydrogen) atoms. The van der Waals surface area contributed by atoms with Gasteiger partial charge in [-0.3, -0.25) is 9.59 Å². The average molecular weight is 338 g/mol. The Bertz CT molecular complexity index is 711. The molecule has 132 valence electrons. The fraction of sp³-hybridized carbons (Fsp3) is 0.333. The maximum Gasteiger partial charge on any atom is 0.251 e. The molecule has 1 atom stereocenters. The molecule has 0 radical (unpaired) electrons. The summed E-state index contributed by atoms with van der Waals surface area (Å²) in [6, 6.07) is 17.3. The first-order valence-corrected chi connectivity index (χ1v) is 8.67. The lowest BCUT2D eigenvalue weighted by Gasteiger charge is -2.15. The summed E-state index contributed by atoms with van der Waals surface area (Å²) in [6.45, 7) is 5.88. The van der Waals surface area contributed by atoms with Crippen LogP contribution in [0.5, 0.6) is 0 Å². The third kappa shape index (κ3) is 6.42. The lowest BCUT2D eigenvalue weighted by atomic mass is 10.0. The topological polar surface area (TPSA) is 58.2 Å². The van der Waals surface area contributed by atoms with Crippen molar-refractivity contribution in [1.29, 1.82) is 0 Å². The molecule has 4 heteroatoms. The molecular formula is C21H26N2O2. The maximum absolute atomic E-state index is 12.2. The van der Waals surface area contributed by atoms with Gasteiger partial charge in [-0.2, -0.15) is 0 Å². The fourth-order valence-corrected chi connectivity index (χ4v) is 2.73. The van der Waals surface area contributed by atoms with Crippen LogP contribution < -0.4 is 10.6 Å². The highest BCUT2D eigenvalue weighted by Crippen LogP contribution is 2.09. The summed E-state index contributed by atoms with van der Waals surface area (Å²) < 4.78 is 0. The molecule has 0 fully saturated rings. The fourth-order valence-electron chi connectivity index (χ4n) is 2.73. The molecule has 2 aromatic carbocycles. The first kappa shape index (κ1) is 18.7. The Kier molecular flexibility index (Phi) is 6.75. The van der Waals surface area contributed by atoms with E-state index in [0.717, 1.165) is 17.5 Å². The van der Waals surface area contributed by atoms with Gasteiger partial charge in [0.1, 0.15) is 0 Å². The second-order valence-electron chi connectivity index (χ2n) is 6.66. The Morgan fingerprint density at radius 2 is 1.56 bits per heavy atom. The van der Waals surface area contributed by atoms with Gasteiger partial charge in [0.15, 0.2) is 0 Å². The van der Waals surface area contributed by atoms with Crippen LogP contribution in [0.1, 0.15) is 42.3 Å². The third-order valence-electron chi connectivity index (χ3n) is 3.76. The molecule has 2 amide bonds.